The molecule has 6 nitrogen and oxygen atoms in total. The Hall–Kier alpha value is -2.89. The minimum absolute atomic E-state index is 0.112. The predicted molar refractivity (Wildman–Crippen MR) is 91.6 cm³/mol. The number of carbonyl (C=O) groups is 3. The van der Waals surface area contributed by atoms with Crippen molar-refractivity contribution in [1.82, 2.24) is 9.80 Å². The van der Waals surface area contributed by atoms with Gasteiger partial charge in [-0.2, -0.15) is 0 Å². The van der Waals surface area contributed by atoms with Crippen molar-refractivity contribution in [2.45, 2.75) is 12.8 Å². The largest absolute Gasteiger partial charge is 0.326 e. The summed E-state index contributed by atoms with van der Waals surface area (Å²) in [6.45, 7) is 0.381. The minimum atomic E-state index is -0.297. The lowest BCUT2D eigenvalue weighted by atomic mass is 10.1. The van der Waals surface area contributed by atoms with E-state index in [0.717, 1.165) is 16.5 Å². The monoisotopic (exact) mass is 325 g/mol. The molecule has 0 bridgehead atoms. The number of carbonyl (C=O) groups excluding carboxylic acids is 3. The molecule has 6 heteroatoms. The van der Waals surface area contributed by atoms with E-state index in [1.165, 1.54) is 9.80 Å². The fraction of sp³-hybridized carbons (Fsp3) is 0.278. The summed E-state index contributed by atoms with van der Waals surface area (Å²) in [6.07, 6.45) is 0.700. The van der Waals surface area contributed by atoms with E-state index >= 15 is 0 Å². The smallest absolute Gasteiger partial charge is 0.326 e. The first-order chi connectivity index (χ1) is 11.6. The number of benzene rings is 2. The molecule has 2 aromatic rings. The van der Waals surface area contributed by atoms with Crippen molar-refractivity contribution >= 4 is 34.3 Å². The highest BCUT2D eigenvalue weighted by molar-refractivity contribution is 6.03. The maximum Gasteiger partial charge on any atom is 0.326 e. The zero-order valence-corrected chi connectivity index (χ0v) is 13.5. The average Bonchev–Trinajstić information content (AvgIpc) is 2.81. The quantitative estimate of drug-likeness (QED) is 0.859. The summed E-state index contributed by atoms with van der Waals surface area (Å²) in [6, 6.07) is 13.3. The molecule has 2 aromatic carbocycles. The number of urea groups is 1. The number of anilines is 1. The number of rotatable bonds is 5. The maximum absolute atomic E-state index is 12.1. The number of nitrogens with zero attached hydrogens (tertiary/aromatic N) is 2. The Bertz CT molecular complexity index is 798. The van der Waals surface area contributed by atoms with Gasteiger partial charge in [0.2, 0.25) is 11.8 Å². The van der Waals surface area contributed by atoms with Crippen LogP contribution in [0, 0.1) is 0 Å². The van der Waals surface area contributed by atoms with Crippen LogP contribution in [0.15, 0.2) is 42.5 Å². The maximum atomic E-state index is 12.1. The van der Waals surface area contributed by atoms with Crippen LogP contribution in [0.5, 0.6) is 0 Å². The molecule has 1 heterocycles. The van der Waals surface area contributed by atoms with Crippen LogP contribution in [-0.2, 0) is 9.59 Å². The molecule has 4 amide bonds. The van der Waals surface area contributed by atoms with Crippen LogP contribution in [0.1, 0.15) is 12.8 Å². The van der Waals surface area contributed by atoms with Gasteiger partial charge in [-0.25, -0.2) is 4.79 Å². The van der Waals surface area contributed by atoms with Gasteiger partial charge in [-0.1, -0.05) is 36.4 Å². The number of nitrogens with one attached hydrogen (secondary N) is 1. The van der Waals surface area contributed by atoms with Gasteiger partial charge in [-0.15, -0.1) is 0 Å². The van der Waals surface area contributed by atoms with Crippen LogP contribution in [-0.4, -0.2) is 47.8 Å². The van der Waals surface area contributed by atoms with Gasteiger partial charge in [0, 0.05) is 31.1 Å². The molecule has 124 valence electrons. The van der Waals surface area contributed by atoms with E-state index in [0.29, 0.717) is 6.42 Å². The van der Waals surface area contributed by atoms with Gasteiger partial charge in [0.25, 0.3) is 0 Å². The van der Waals surface area contributed by atoms with E-state index < -0.39 is 0 Å². The molecule has 0 spiro atoms. The van der Waals surface area contributed by atoms with Gasteiger partial charge in [0.1, 0.15) is 6.54 Å². The van der Waals surface area contributed by atoms with E-state index in [9.17, 15) is 14.4 Å². The Balaban J connectivity index is 1.56. The summed E-state index contributed by atoms with van der Waals surface area (Å²) in [4.78, 5) is 38.2. The lowest BCUT2D eigenvalue weighted by Gasteiger charge is -2.14. The molecule has 1 fully saturated rings. The van der Waals surface area contributed by atoms with E-state index in [-0.39, 0.29) is 37.4 Å². The van der Waals surface area contributed by atoms with Crippen molar-refractivity contribution in [3.8, 4) is 0 Å². The summed E-state index contributed by atoms with van der Waals surface area (Å²) < 4.78 is 0. The average molecular weight is 325 g/mol. The van der Waals surface area contributed by atoms with Gasteiger partial charge in [0.05, 0.1) is 0 Å². The van der Waals surface area contributed by atoms with Gasteiger partial charge in [-0.3, -0.25) is 14.5 Å². The Morgan fingerprint density at radius 3 is 2.62 bits per heavy atom. The molecule has 0 aliphatic carbocycles. The summed E-state index contributed by atoms with van der Waals surface area (Å²) >= 11 is 0. The number of hydrogen-bond donors (Lipinski definition) is 1. The molecule has 0 radical (unpaired) electrons. The molecule has 1 aliphatic heterocycles. The first kappa shape index (κ1) is 16.0. The summed E-state index contributed by atoms with van der Waals surface area (Å²) in [5.74, 6) is -0.337. The third-order valence-corrected chi connectivity index (χ3v) is 4.08. The summed E-state index contributed by atoms with van der Waals surface area (Å²) in [5.41, 5.74) is 0.770. The zero-order chi connectivity index (χ0) is 17.1. The number of imide groups is 1. The zero-order valence-electron chi connectivity index (χ0n) is 13.5. The number of likely N-dealkylation sites (N-methyl/N-ethyl adjacent to an activating group) is 1. The van der Waals surface area contributed by atoms with Crippen molar-refractivity contribution in [2.75, 3.05) is 25.5 Å². The lowest BCUT2D eigenvalue weighted by Crippen LogP contribution is -2.32. The lowest BCUT2D eigenvalue weighted by molar-refractivity contribution is -0.125. The SMILES string of the molecule is CN1CC(=O)N(CCCC(=O)Nc2cccc3ccccc23)C1=O. The van der Waals surface area contributed by atoms with Gasteiger partial charge in [-0.05, 0) is 17.9 Å². The number of amides is 4. The molecule has 1 N–H and O–H groups in total. The minimum Gasteiger partial charge on any atom is -0.326 e. The normalized spacial score (nSPS) is 14.5. The fourth-order valence-electron chi connectivity index (χ4n) is 2.83. The predicted octanol–water partition coefficient (Wildman–Crippen LogP) is 2.45. The molecule has 0 unspecified atom stereocenters. The van der Waals surface area contributed by atoms with Gasteiger partial charge < -0.3 is 10.2 Å². The Morgan fingerprint density at radius 1 is 1.12 bits per heavy atom. The van der Waals surface area contributed by atoms with E-state index in [1.54, 1.807) is 7.05 Å². The molecule has 1 aliphatic rings. The first-order valence-corrected chi connectivity index (χ1v) is 7.89. The molecule has 0 atom stereocenters. The van der Waals surface area contributed by atoms with Crippen LogP contribution < -0.4 is 5.32 Å². The highest BCUT2D eigenvalue weighted by atomic mass is 16.2. The molecule has 24 heavy (non-hydrogen) atoms. The first-order valence-electron chi connectivity index (χ1n) is 7.89. The summed E-state index contributed by atoms with van der Waals surface area (Å²) in [7, 11) is 1.59. The molecular weight excluding hydrogens is 306 g/mol. The molecule has 3 rings (SSSR count). The number of fused-ring (bicyclic) bond motifs is 1. The second kappa shape index (κ2) is 6.70. The van der Waals surface area contributed by atoms with Crippen LogP contribution in [0.4, 0.5) is 10.5 Å². The van der Waals surface area contributed by atoms with E-state index in [2.05, 4.69) is 5.32 Å². The van der Waals surface area contributed by atoms with Crippen molar-refractivity contribution < 1.29 is 14.4 Å². The standard InChI is InChI=1S/C18H19N3O3/c1-20-12-17(23)21(18(20)24)11-5-10-16(22)19-15-9-4-7-13-6-2-3-8-14(13)15/h2-4,6-9H,5,10-12H2,1H3,(H,19,22). The van der Waals surface area contributed by atoms with Crippen molar-refractivity contribution in [3.63, 3.8) is 0 Å². The number of hydrogen-bond acceptors (Lipinski definition) is 3. The van der Waals surface area contributed by atoms with Gasteiger partial charge in [0.15, 0.2) is 0 Å². The highest BCUT2D eigenvalue weighted by Crippen LogP contribution is 2.23. The van der Waals surface area contributed by atoms with Crippen molar-refractivity contribution in [2.24, 2.45) is 0 Å². The van der Waals surface area contributed by atoms with E-state index in [4.69, 9.17) is 0 Å². The fourth-order valence-corrected chi connectivity index (χ4v) is 2.83. The highest BCUT2D eigenvalue weighted by Gasteiger charge is 2.32. The Labute approximate surface area is 140 Å². The Morgan fingerprint density at radius 2 is 1.88 bits per heavy atom. The second-order valence-corrected chi connectivity index (χ2v) is 5.86. The second-order valence-electron chi connectivity index (χ2n) is 5.86. The van der Waals surface area contributed by atoms with E-state index in [1.807, 2.05) is 42.5 Å². The Kier molecular flexibility index (Phi) is 4.46. The van der Waals surface area contributed by atoms with Crippen molar-refractivity contribution in [3.05, 3.63) is 42.5 Å². The van der Waals surface area contributed by atoms with Crippen molar-refractivity contribution in [1.29, 1.82) is 0 Å². The molecular formula is C18H19N3O3. The van der Waals surface area contributed by atoms with Crippen LogP contribution in [0.2, 0.25) is 0 Å². The topological polar surface area (TPSA) is 69.7 Å². The molecule has 0 aromatic heterocycles. The van der Waals surface area contributed by atoms with Crippen LogP contribution in [0.25, 0.3) is 10.8 Å². The van der Waals surface area contributed by atoms with Crippen LogP contribution in [0.3, 0.4) is 0 Å². The third-order valence-electron chi connectivity index (χ3n) is 4.08. The van der Waals surface area contributed by atoms with Crippen LogP contribution >= 0.6 is 0 Å². The summed E-state index contributed by atoms with van der Waals surface area (Å²) in [5, 5.41) is 4.95. The molecule has 1 saturated heterocycles. The van der Waals surface area contributed by atoms with Gasteiger partial charge >= 0.3 is 6.03 Å². The third kappa shape index (κ3) is 3.22. The molecule has 0 saturated carbocycles.